The van der Waals surface area contributed by atoms with E-state index in [1.807, 2.05) is 0 Å². The van der Waals surface area contributed by atoms with Gasteiger partial charge in [0.05, 0.1) is 0 Å². The zero-order chi connectivity index (χ0) is 13.1. The Kier molecular flexibility index (Phi) is 4.07. The summed E-state index contributed by atoms with van der Waals surface area (Å²) in [6, 6.07) is 15.2. The Labute approximate surface area is 117 Å². The third-order valence-electron chi connectivity index (χ3n) is 3.21. The van der Waals surface area contributed by atoms with Crippen molar-refractivity contribution in [3.05, 3.63) is 63.6 Å². The third kappa shape index (κ3) is 2.94. The summed E-state index contributed by atoms with van der Waals surface area (Å²) in [4.78, 5) is 0. The Morgan fingerprint density at radius 2 is 1.72 bits per heavy atom. The molecule has 18 heavy (non-hydrogen) atoms. The van der Waals surface area contributed by atoms with Gasteiger partial charge in [0.15, 0.2) is 0 Å². The molecule has 0 heterocycles. The van der Waals surface area contributed by atoms with Crippen LogP contribution in [0.4, 0.5) is 5.69 Å². The van der Waals surface area contributed by atoms with E-state index in [1.165, 1.54) is 16.7 Å². The predicted octanol–water partition coefficient (Wildman–Crippen LogP) is 5.24. The van der Waals surface area contributed by atoms with Crippen LogP contribution < -0.4 is 5.32 Å². The van der Waals surface area contributed by atoms with Gasteiger partial charge in [0.2, 0.25) is 0 Å². The van der Waals surface area contributed by atoms with E-state index in [0.717, 1.165) is 10.2 Å². The number of halogens is 1. The maximum Gasteiger partial charge on any atom is 0.0488 e. The molecule has 0 bridgehead atoms. The van der Waals surface area contributed by atoms with E-state index in [1.54, 1.807) is 0 Å². The second kappa shape index (κ2) is 5.57. The van der Waals surface area contributed by atoms with Gasteiger partial charge in [-0.3, -0.25) is 0 Å². The van der Waals surface area contributed by atoms with E-state index in [0.29, 0.717) is 6.04 Å². The van der Waals surface area contributed by atoms with Gasteiger partial charge in [-0.05, 0) is 49.6 Å². The van der Waals surface area contributed by atoms with Gasteiger partial charge in [-0.2, -0.15) is 0 Å². The van der Waals surface area contributed by atoms with E-state index in [2.05, 4.69) is 84.5 Å². The minimum Gasteiger partial charge on any atom is -0.378 e. The van der Waals surface area contributed by atoms with Gasteiger partial charge >= 0.3 is 0 Å². The van der Waals surface area contributed by atoms with E-state index in [9.17, 15) is 0 Å². The van der Waals surface area contributed by atoms with Crippen LogP contribution >= 0.6 is 15.9 Å². The third-order valence-corrected chi connectivity index (χ3v) is 4.06. The van der Waals surface area contributed by atoms with Gasteiger partial charge in [-0.15, -0.1) is 0 Å². The minimum absolute atomic E-state index is 0.306. The SMILES string of the molecule is Cc1ccc(NC(C)c2ccccc2C)cc1Br. The first-order chi connectivity index (χ1) is 8.58. The molecule has 0 spiro atoms. The smallest absolute Gasteiger partial charge is 0.0488 e. The van der Waals surface area contributed by atoms with Crippen molar-refractivity contribution in [3.63, 3.8) is 0 Å². The first-order valence-corrected chi connectivity index (χ1v) is 6.95. The summed E-state index contributed by atoms with van der Waals surface area (Å²) in [5.41, 5.74) is 5.06. The van der Waals surface area contributed by atoms with Crippen molar-refractivity contribution >= 4 is 21.6 Å². The van der Waals surface area contributed by atoms with Gasteiger partial charge in [-0.25, -0.2) is 0 Å². The van der Waals surface area contributed by atoms with Crippen LogP contribution in [0.25, 0.3) is 0 Å². The summed E-state index contributed by atoms with van der Waals surface area (Å²) >= 11 is 3.57. The van der Waals surface area contributed by atoms with Gasteiger partial charge in [-0.1, -0.05) is 46.3 Å². The van der Waals surface area contributed by atoms with E-state index < -0.39 is 0 Å². The molecule has 1 unspecified atom stereocenters. The van der Waals surface area contributed by atoms with Crippen molar-refractivity contribution in [2.24, 2.45) is 0 Å². The summed E-state index contributed by atoms with van der Waals surface area (Å²) in [5.74, 6) is 0. The van der Waals surface area contributed by atoms with Crippen LogP contribution in [-0.2, 0) is 0 Å². The van der Waals surface area contributed by atoms with Crippen LogP contribution in [0.5, 0.6) is 0 Å². The van der Waals surface area contributed by atoms with Gasteiger partial charge < -0.3 is 5.32 Å². The Morgan fingerprint density at radius 1 is 1.00 bits per heavy atom. The van der Waals surface area contributed by atoms with Gasteiger partial charge in [0, 0.05) is 16.2 Å². The van der Waals surface area contributed by atoms with Crippen LogP contribution in [0.2, 0.25) is 0 Å². The number of benzene rings is 2. The van der Waals surface area contributed by atoms with Crippen molar-refractivity contribution in [1.29, 1.82) is 0 Å². The molecule has 0 aromatic heterocycles. The number of anilines is 1. The average molecular weight is 304 g/mol. The van der Waals surface area contributed by atoms with Crippen molar-refractivity contribution in [1.82, 2.24) is 0 Å². The molecule has 0 saturated heterocycles. The Balaban J connectivity index is 2.19. The summed E-state index contributed by atoms with van der Waals surface area (Å²) in [6.45, 7) is 6.44. The molecule has 2 aromatic rings. The predicted molar refractivity (Wildman–Crippen MR) is 82.1 cm³/mol. The Morgan fingerprint density at radius 3 is 2.39 bits per heavy atom. The molecule has 94 valence electrons. The van der Waals surface area contributed by atoms with Crippen LogP contribution in [-0.4, -0.2) is 0 Å². The number of nitrogens with one attached hydrogen (secondary N) is 1. The topological polar surface area (TPSA) is 12.0 Å². The first-order valence-electron chi connectivity index (χ1n) is 6.16. The van der Waals surface area contributed by atoms with E-state index in [-0.39, 0.29) is 0 Å². The molecule has 1 nitrogen and oxygen atoms in total. The lowest BCUT2D eigenvalue weighted by Crippen LogP contribution is -2.08. The molecule has 0 amide bonds. The molecule has 1 atom stereocenters. The minimum atomic E-state index is 0.306. The van der Waals surface area contributed by atoms with Crippen molar-refractivity contribution in [2.75, 3.05) is 5.32 Å². The average Bonchev–Trinajstić information content (AvgIpc) is 2.34. The van der Waals surface area contributed by atoms with Crippen molar-refractivity contribution in [3.8, 4) is 0 Å². The molecule has 0 aliphatic carbocycles. The fraction of sp³-hybridized carbons (Fsp3) is 0.250. The second-order valence-corrected chi connectivity index (χ2v) is 5.54. The summed E-state index contributed by atoms with van der Waals surface area (Å²) in [5, 5.41) is 3.54. The zero-order valence-electron chi connectivity index (χ0n) is 11.0. The Bertz CT molecular complexity index is 549. The second-order valence-electron chi connectivity index (χ2n) is 4.69. The number of hydrogen-bond donors (Lipinski definition) is 1. The molecule has 1 N–H and O–H groups in total. The number of hydrogen-bond acceptors (Lipinski definition) is 1. The highest BCUT2D eigenvalue weighted by atomic mass is 79.9. The quantitative estimate of drug-likeness (QED) is 0.817. The lowest BCUT2D eigenvalue weighted by atomic mass is 10.0. The Hall–Kier alpha value is -1.28. The summed E-state index contributed by atoms with van der Waals surface area (Å²) < 4.78 is 1.14. The molecule has 2 rings (SSSR count). The molecule has 0 aliphatic rings. The molecule has 0 saturated carbocycles. The largest absolute Gasteiger partial charge is 0.378 e. The lowest BCUT2D eigenvalue weighted by molar-refractivity contribution is 0.874. The summed E-state index contributed by atoms with van der Waals surface area (Å²) in [6.07, 6.45) is 0. The normalized spacial score (nSPS) is 12.2. The molecular formula is C16H18BrN. The molecule has 2 heteroatoms. The zero-order valence-corrected chi connectivity index (χ0v) is 12.6. The fourth-order valence-corrected chi connectivity index (χ4v) is 2.46. The fourth-order valence-electron chi connectivity index (χ4n) is 2.08. The van der Waals surface area contributed by atoms with Crippen LogP contribution in [0.1, 0.15) is 29.7 Å². The summed E-state index contributed by atoms with van der Waals surface area (Å²) in [7, 11) is 0. The number of rotatable bonds is 3. The molecule has 0 aliphatic heterocycles. The van der Waals surface area contributed by atoms with Crippen LogP contribution in [0.3, 0.4) is 0 Å². The van der Waals surface area contributed by atoms with E-state index >= 15 is 0 Å². The van der Waals surface area contributed by atoms with Crippen molar-refractivity contribution < 1.29 is 0 Å². The molecule has 0 radical (unpaired) electrons. The molecular weight excluding hydrogens is 286 g/mol. The lowest BCUT2D eigenvalue weighted by Gasteiger charge is -2.18. The highest BCUT2D eigenvalue weighted by Crippen LogP contribution is 2.25. The van der Waals surface area contributed by atoms with E-state index in [4.69, 9.17) is 0 Å². The molecule has 2 aromatic carbocycles. The molecule has 0 fully saturated rings. The highest BCUT2D eigenvalue weighted by Gasteiger charge is 2.08. The van der Waals surface area contributed by atoms with Crippen LogP contribution in [0, 0.1) is 13.8 Å². The monoisotopic (exact) mass is 303 g/mol. The van der Waals surface area contributed by atoms with Gasteiger partial charge in [0.25, 0.3) is 0 Å². The van der Waals surface area contributed by atoms with Gasteiger partial charge in [0.1, 0.15) is 0 Å². The standard InChI is InChI=1S/C16H18BrN/c1-11-6-4-5-7-15(11)13(3)18-14-9-8-12(2)16(17)10-14/h4-10,13,18H,1-3H3. The maximum absolute atomic E-state index is 3.57. The highest BCUT2D eigenvalue weighted by molar-refractivity contribution is 9.10. The number of aryl methyl sites for hydroxylation is 2. The first kappa shape index (κ1) is 13.2. The van der Waals surface area contributed by atoms with Crippen LogP contribution in [0.15, 0.2) is 46.9 Å². The maximum atomic E-state index is 3.57. The van der Waals surface area contributed by atoms with Crippen molar-refractivity contribution in [2.45, 2.75) is 26.8 Å².